The van der Waals surface area contributed by atoms with E-state index in [4.69, 9.17) is 9.84 Å². The van der Waals surface area contributed by atoms with Crippen LogP contribution in [0.5, 0.6) is 11.5 Å². The Labute approximate surface area is 176 Å². The maximum Gasteiger partial charge on any atom is 0.387 e. The van der Waals surface area contributed by atoms with Crippen molar-refractivity contribution in [3.8, 4) is 11.5 Å². The van der Waals surface area contributed by atoms with Gasteiger partial charge in [-0.1, -0.05) is 0 Å². The summed E-state index contributed by atoms with van der Waals surface area (Å²) in [4.78, 5) is 29.7. The lowest BCUT2D eigenvalue weighted by Crippen LogP contribution is -2.26. The first-order valence-corrected chi connectivity index (χ1v) is 9.20. The maximum absolute atomic E-state index is 13.3. The maximum atomic E-state index is 13.3. The molecule has 1 aromatic heterocycles. The SMILES string of the molecule is CCOc1cc(N(C(=O)c2cccnc2)c2ccc(C(=O)O)cc2)ccc1OC(F)F. The van der Waals surface area contributed by atoms with E-state index in [1.807, 2.05) is 0 Å². The number of aromatic nitrogens is 1. The largest absolute Gasteiger partial charge is 0.490 e. The molecule has 3 aromatic rings. The van der Waals surface area contributed by atoms with Crippen molar-refractivity contribution in [1.82, 2.24) is 4.98 Å². The molecule has 0 aliphatic heterocycles. The van der Waals surface area contributed by atoms with Gasteiger partial charge in [-0.25, -0.2) is 4.79 Å². The summed E-state index contributed by atoms with van der Waals surface area (Å²) in [7, 11) is 0. The zero-order valence-electron chi connectivity index (χ0n) is 16.4. The van der Waals surface area contributed by atoms with Crippen LogP contribution in [0.3, 0.4) is 0 Å². The Kier molecular flexibility index (Phi) is 6.76. The van der Waals surface area contributed by atoms with Crippen LogP contribution >= 0.6 is 0 Å². The molecule has 1 N–H and O–H groups in total. The van der Waals surface area contributed by atoms with Crippen LogP contribution in [0.1, 0.15) is 27.6 Å². The van der Waals surface area contributed by atoms with Crippen LogP contribution in [-0.2, 0) is 0 Å². The Bertz CT molecular complexity index is 1060. The third-order valence-electron chi connectivity index (χ3n) is 4.19. The van der Waals surface area contributed by atoms with Crippen molar-refractivity contribution in [3.63, 3.8) is 0 Å². The number of carbonyl (C=O) groups is 2. The molecule has 1 heterocycles. The van der Waals surface area contributed by atoms with Crippen LogP contribution in [-0.4, -0.2) is 35.2 Å². The standard InChI is InChI=1S/C22H18F2N2O5/c1-2-30-19-12-17(9-10-18(19)31-22(23)24)26(20(27)15-4-3-11-25-13-15)16-7-5-14(6-8-16)21(28)29/h3-13,22H,2H2,1H3,(H,28,29). The minimum Gasteiger partial charge on any atom is -0.490 e. The van der Waals surface area contributed by atoms with Crippen molar-refractivity contribution in [3.05, 3.63) is 78.1 Å². The first kappa shape index (κ1) is 21.7. The molecule has 0 fully saturated rings. The molecule has 0 aliphatic rings. The summed E-state index contributed by atoms with van der Waals surface area (Å²) in [5, 5.41) is 9.14. The van der Waals surface area contributed by atoms with Crippen molar-refractivity contribution in [2.45, 2.75) is 13.5 Å². The van der Waals surface area contributed by atoms with Crippen LogP contribution in [0.4, 0.5) is 20.2 Å². The number of rotatable bonds is 8. The Morgan fingerprint density at radius 1 is 1.03 bits per heavy atom. The van der Waals surface area contributed by atoms with Gasteiger partial charge in [0, 0.05) is 24.1 Å². The normalized spacial score (nSPS) is 10.6. The number of halogens is 2. The fraction of sp³-hybridized carbons (Fsp3) is 0.136. The van der Waals surface area contributed by atoms with Gasteiger partial charge in [0.15, 0.2) is 11.5 Å². The highest BCUT2D eigenvalue weighted by atomic mass is 19.3. The summed E-state index contributed by atoms with van der Waals surface area (Å²) in [6, 6.07) is 13.0. The molecule has 1 amide bonds. The molecule has 7 nitrogen and oxygen atoms in total. The molecule has 0 aliphatic carbocycles. The number of hydrogen-bond donors (Lipinski definition) is 1. The lowest BCUT2D eigenvalue weighted by atomic mass is 10.1. The van der Waals surface area contributed by atoms with Crippen molar-refractivity contribution in [1.29, 1.82) is 0 Å². The van der Waals surface area contributed by atoms with Gasteiger partial charge in [0.25, 0.3) is 5.91 Å². The average Bonchev–Trinajstić information content (AvgIpc) is 2.76. The number of amides is 1. The van der Waals surface area contributed by atoms with Gasteiger partial charge in [-0.05, 0) is 55.5 Å². The van der Waals surface area contributed by atoms with Crippen LogP contribution in [0.15, 0.2) is 67.0 Å². The van der Waals surface area contributed by atoms with Gasteiger partial charge in [-0.2, -0.15) is 8.78 Å². The van der Waals surface area contributed by atoms with Gasteiger partial charge in [-0.15, -0.1) is 0 Å². The number of hydrogen-bond acceptors (Lipinski definition) is 5. The van der Waals surface area contributed by atoms with Gasteiger partial charge in [0.1, 0.15) is 0 Å². The number of aromatic carboxylic acids is 1. The number of pyridine rings is 1. The Morgan fingerprint density at radius 3 is 2.32 bits per heavy atom. The first-order valence-electron chi connectivity index (χ1n) is 9.20. The first-order chi connectivity index (χ1) is 14.9. The third kappa shape index (κ3) is 5.13. The van der Waals surface area contributed by atoms with Crippen LogP contribution in [0, 0.1) is 0 Å². The van der Waals surface area contributed by atoms with Crippen LogP contribution in [0.25, 0.3) is 0 Å². The smallest absolute Gasteiger partial charge is 0.387 e. The van der Waals surface area contributed by atoms with E-state index in [0.717, 1.165) is 0 Å². The molecule has 0 saturated carbocycles. The molecule has 0 atom stereocenters. The molecular formula is C22H18F2N2O5. The number of carbonyl (C=O) groups excluding carboxylic acids is 1. The average molecular weight is 428 g/mol. The molecule has 160 valence electrons. The summed E-state index contributed by atoms with van der Waals surface area (Å²) in [6.07, 6.45) is 2.91. The summed E-state index contributed by atoms with van der Waals surface area (Å²) < 4.78 is 35.3. The molecule has 0 saturated heterocycles. The van der Waals surface area contributed by atoms with Crippen molar-refractivity contribution in [2.24, 2.45) is 0 Å². The quantitative estimate of drug-likeness (QED) is 0.557. The Balaban J connectivity index is 2.10. The Morgan fingerprint density at radius 2 is 1.74 bits per heavy atom. The summed E-state index contributed by atoms with van der Waals surface area (Å²) >= 11 is 0. The lowest BCUT2D eigenvalue weighted by Gasteiger charge is -2.24. The molecule has 9 heteroatoms. The number of alkyl halides is 2. The number of anilines is 2. The minimum absolute atomic E-state index is 0.0337. The highest BCUT2D eigenvalue weighted by molar-refractivity contribution is 6.11. The van der Waals surface area contributed by atoms with Gasteiger partial charge >= 0.3 is 12.6 Å². The summed E-state index contributed by atoms with van der Waals surface area (Å²) in [5.74, 6) is -1.70. The predicted octanol–water partition coefficient (Wildman–Crippen LogP) is 4.76. The van der Waals surface area contributed by atoms with Gasteiger partial charge in [0.2, 0.25) is 0 Å². The van der Waals surface area contributed by atoms with E-state index in [2.05, 4.69) is 9.72 Å². The summed E-state index contributed by atoms with van der Waals surface area (Å²) in [6.45, 7) is -1.17. The molecular weight excluding hydrogens is 410 g/mol. The number of ether oxygens (including phenoxy) is 2. The van der Waals surface area contributed by atoms with E-state index in [-0.39, 0.29) is 29.2 Å². The molecule has 0 spiro atoms. The van der Waals surface area contributed by atoms with E-state index in [1.165, 1.54) is 59.8 Å². The van der Waals surface area contributed by atoms with Gasteiger partial charge in [0.05, 0.1) is 23.4 Å². The predicted molar refractivity (Wildman–Crippen MR) is 108 cm³/mol. The number of benzene rings is 2. The molecule has 0 bridgehead atoms. The Hall–Kier alpha value is -4.01. The second kappa shape index (κ2) is 9.66. The van der Waals surface area contributed by atoms with E-state index in [1.54, 1.807) is 19.1 Å². The van der Waals surface area contributed by atoms with Gasteiger partial charge < -0.3 is 14.6 Å². The van der Waals surface area contributed by atoms with Crippen molar-refractivity contribution >= 4 is 23.3 Å². The number of carboxylic acids is 1. The van der Waals surface area contributed by atoms with E-state index in [9.17, 15) is 18.4 Å². The number of carboxylic acid groups (broad SMARTS) is 1. The topological polar surface area (TPSA) is 89.0 Å². The van der Waals surface area contributed by atoms with E-state index in [0.29, 0.717) is 11.4 Å². The highest BCUT2D eigenvalue weighted by Gasteiger charge is 2.23. The van der Waals surface area contributed by atoms with Crippen LogP contribution < -0.4 is 14.4 Å². The van der Waals surface area contributed by atoms with Crippen LogP contribution in [0.2, 0.25) is 0 Å². The fourth-order valence-electron chi connectivity index (χ4n) is 2.85. The van der Waals surface area contributed by atoms with E-state index < -0.39 is 18.5 Å². The molecule has 0 unspecified atom stereocenters. The summed E-state index contributed by atoms with van der Waals surface area (Å²) in [5.41, 5.74) is 0.995. The second-order valence-electron chi connectivity index (χ2n) is 6.18. The number of nitrogens with zero attached hydrogens (tertiary/aromatic N) is 2. The fourth-order valence-corrected chi connectivity index (χ4v) is 2.85. The zero-order valence-corrected chi connectivity index (χ0v) is 16.4. The van der Waals surface area contributed by atoms with Gasteiger partial charge in [-0.3, -0.25) is 14.7 Å². The molecule has 2 aromatic carbocycles. The highest BCUT2D eigenvalue weighted by Crippen LogP contribution is 2.36. The third-order valence-corrected chi connectivity index (χ3v) is 4.19. The van der Waals surface area contributed by atoms with E-state index >= 15 is 0 Å². The lowest BCUT2D eigenvalue weighted by molar-refractivity contribution is -0.0514. The zero-order chi connectivity index (χ0) is 22.4. The minimum atomic E-state index is -3.04. The molecule has 0 radical (unpaired) electrons. The molecule has 3 rings (SSSR count). The molecule has 31 heavy (non-hydrogen) atoms. The van der Waals surface area contributed by atoms with Crippen molar-refractivity contribution in [2.75, 3.05) is 11.5 Å². The van der Waals surface area contributed by atoms with Crippen molar-refractivity contribution < 1.29 is 33.0 Å². The monoisotopic (exact) mass is 428 g/mol. The second-order valence-corrected chi connectivity index (χ2v) is 6.18.